The summed E-state index contributed by atoms with van der Waals surface area (Å²) in [6.07, 6.45) is 2.43. The summed E-state index contributed by atoms with van der Waals surface area (Å²) in [7, 11) is -3.59. The first kappa shape index (κ1) is 33.4. The van der Waals surface area contributed by atoms with Crippen molar-refractivity contribution in [3.8, 4) is 0 Å². The summed E-state index contributed by atoms with van der Waals surface area (Å²) >= 11 is 13.0. The van der Waals surface area contributed by atoms with E-state index >= 15 is 0 Å². The normalized spacial score (nSPS) is 12.8. The lowest BCUT2D eigenvalue weighted by Crippen LogP contribution is -2.52. The topological polar surface area (TPSA) is 86.8 Å². The molecule has 1 N–H and O–H groups in total. The van der Waals surface area contributed by atoms with Crippen molar-refractivity contribution < 1.29 is 18.0 Å². The average molecular weight is 633 g/mol. The predicted molar refractivity (Wildman–Crippen MR) is 171 cm³/mol. The van der Waals surface area contributed by atoms with E-state index in [0.29, 0.717) is 21.3 Å². The maximum atomic E-state index is 14.0. The van der Waals surface area contributed by atoms with Crippen LogP contribution in [0.4, 0.5) is 5.69 Å². The van der Waals surface area contributed by atoms with Crippen LogP contribution in [0.2, 0.25) is 10.0 Å². The van der Waals surface area contributed by atoms with Gasteiger partial charge in [-0.2, -0.15) is 0 Å². The zero-order valence-electron chi connectivity index (χ0n) is 24.5. The predicted octanol–water partition coefficient (Wildman–Crippen LogP) is 6.40. The maximum Gasteiger partial charge on any atom is 0.243 e. The first-order chi connectivity index (χ1) is 19.9. The van der Waals surface area contributed by atoms with E-state index in [2.05, 4.69) is 5.32 Å². The average Bonchev–Trinajstić information content (AvgIpc) is 2.94. The van der Waals surface area contributed by atoms with Gasteiger partial charge in [0.05, 0.1) is 11.9 Å². The van der Waals surface area contributed by atoms with Gasteiger partial charge in [-0.3, -0.25) is 13.9 Å². The second-order valence-corrected chi connectivity index (χ2v) is 13.2. The highest BCUT2D eigenvalue weighted by molar-refractivity contribution is 7.92. The Hall–Kier alpha value is -3.07. The van der Waals surface area contributed by atoms with Crippen molar-refractivity contribution in [1.29, 1.82) is 0 Å². The van der Waals surface area contributed by atoms with Crippen LogP contribution in [0.1, 0.15) is 49.8 Å². The maximum absolute atomic E-state index is 14.0. The third-order valence-corrected chi connectivity index (χ3v) is 9.04. The molecular formula is C32H39Cl2N3O4S. The zero-order chi connectivity index (χ0) is 30.9. The van der Waals surface area contributed by atoms with Crippen molar-refractivity contribution in [3.05, 3.63) is 99.5 Å². The largest absolute Gasteiger partial charge is 0.352 e. The Bertz CT molecular complexity index is 1430. The molecule has 0 radical (unpaired) electrons. The van der Waals surface area contributed by atoms with Gasteiger partial charge in [0, 0.05) is 47.6 Å². The standard InChI is InChI=1S/C32H39Cl2N3O4S/c1-5-24(3)35-32(39)30(21-25-11-7-6-8-12-25)36(22-27-28(33)13-9-14-29(27)34)31(38)15-10-20-37(42(4,40)41)26-18-16-23(2)17-19-26/h6-9,11-14,16-19,24,30H,5,10,15,20-22H2,1-4H3,(H,35,39). The summed E-state index contributed by atoms with van der Waals surface area (Å²) in [5.74, 6) is -0.578. The van der Waals surface area contributed by atoms with E-state index in [1.54, 1.807) is 30.3 Å². The number of hydrogen-bond donors (Lipinski definition) is 1. The Morgan fingerprint density at radius 3 is 2.12 bits per heavy atom. The molecule has 7 nitrogen and oxygen atoms in total. The summed E-state index contributed by atoms with van der Waals surface area (Å²) in [6.45, 7) is 5.95. The molecule has 0 saturated heterocycles. The van der Waals surface area contributed by atoms with Crippen molar-refractivity contribution in [2.45, 2.75) is 65.1 Å². The molecule has 0 saturated carbocycles. The number of anilines is 1. The Balaban J connectivity index is 1.93. The minimum absolute atomic E-state index is 0.0157. The number of amides is 2. The molecule has 2 unspecified atom stereocenters. The van der Waals surface area contributed by atoms with E-state index in [9.17, 15) is 18.0 Å². The smallest absolute Gasteiger partial charge is 0.243 e. The number of nitrogens with one attached hydrogen (secondary N) is 1. The molecule has 0 aliphatic rings. The fraction of sp³-hybridized carbons (Fsp3) is 0.375. The van der Waals surface area contributed by atoms with Crippen LogP contribution >= 0.6 is 23.2 Å². The fourth-order valence-electron chi connectivity index (χ4n) is 4.56. The minimum Gasteiger partial charge on any atom is -0.352 e. The van der Waals surface area contributed by atoms with Crippen molar-refractivity contribution in [1.82, 2.24) is 10.2 Å². The molecular weight excluding hydrogens is 593 g/mol. The van der Waals surface area contributed by atoms with E-state index in [1.807, 2.05) is 63.2 Å². The highest BCUT2D eigenvalue weighted by atomic mass is 35.5. The first-order valence-corrected chi connectivity index (χ1v) is 16.6. The van der Waals surface area contributed by atoms with Gasteiger partial charge in [-0.05, 0) is 56.5 Å². The van der Waals surface area contributed by atoms with E-state index in [4.69, 9.17) is 23.2 Å². The number of carbonyl (C=O) groups excluding carboxylic acids is 2. The summed E-state index contributed by atoms with van der Waals surface area (Å²) in [5, 5.41) is 3.82. The van der Waals surface area contributed by atoms with Gasteiger partial charge in [0.25, 0.3) is 0 Å². The molecule has 3 aromatic carbocycles. The second-order valence-electron chi connectivity index (χ2n) is 10.5. The Kier molecular flexibility index (Phi) is 12.3. The molecule has 2 amide bonds. The lowest BCUT2D eigenvalue weighted by Gasteiger charge is -2.33. The summed E-state index contributed by atoms with van der Waals surface area (Å²) in [5.41, 5.74) is 2.98. The van der Waals surface area contributed by atoms with Crippen LogP contribution in [0.15, 0.2) is 72.8 Å². The van der Waals surface area contributed by atoms with Gasteiger partial charge in [-0.1, -0.05) is 84.2 Å². The third kappa shape index (κ3) is 9.48. The molecule has 42 heavy (non-hydrogen) atoms. The molecule has 0 aromatic heterocycles. The van der Waals surface area contributed by atoms with E-state index in [1.165, 1.54) is 9.21 Å². The van der Waals surface area contributed by atoms with Crippen LogP contribution in [0.25, 0.3) is 0 Å². The Morgan fingerprint density at radius 2 is 1.55 bits per heavy atom. The van der Waals surface area contributed by atoms with Gasteiger partial charge >= 0.3 is 0 Å². The Labute approximate surface area is 259 Å². The van der Waals surface area contributed by atoms with Crippen molar-refractivity contribution in [3.63, 3.8) is 0 Å². The number of hydrogen-bond acceptors (Lipinski definition) is 4. The number of sulfonamides is 1. The van der Waals surface area contributed by atoms with Gasteiger partial charge in [-0.25, -0.2) is 8.42 Å². The molecule has 0 aliphatic carbocycles. The van der Waals surface area contributed by atoms with Gasteiger partial charge in [0.2, 0.25) is 21.8 Å². The van der Waals surface area contributed by atoms with Crippen molar-refractivity contribution in [2.24, 2.45) is 0 Å². The zero-order valence-corrected chi connectivity index (χ0v) is 26.8. The SMILES string of the molecule is CCC(C)NC(=O)C(Cc1ccccc1)N(Cc1c(Cl)cccc1Cl)C(=O)CCCN(c1ccc(C)cc1)S(C)(=O)=O. The van der Waals surface area contributed by atoms with Crippen LogP contribution in [0.3, 0.4) is 0 Å². The highest BCUT2D eigenvalue weighted by Gasteiger charge is 2.32. The van der Waals surface area contributed by atoms with Gasteiger partial charge in [0.15, 0.2) is 0 Å². The molecule has 2 atom stereocenters. The van der Waals surface area contributed by atoms with Crippen LogP contribution in [0.5, 0.6) is 0 Å². The quantitative estimate of drug-likeness (QED) is 0.223. The van der Waals surface area contributed by atoms with Crippen LogP contribution < -0.4 is 9.62 Å². The summed E-state index contributed by atoms with van der Waals surface area (Å²) < 4.78 is 26.5. The van der Waals surface area contributed by atoms with Crippen LogP contribution in [-0.2, 0) is 32.6 Å². The molecule has 0 heterocycles. The molecule has 3 rings (SSSR count). The lowest BCUT2D eigenvalue weighted by molar-refractivity contribution is -0.141. The number of benzene rings is 3. The molecule has 0 fully saturated rings. The van der Waals surface area contributed by atoms with E-state index in [-0.39, 0.29) is 50.2 Å². The fourth-order valence-corrected chi connectivity index (χ4v) is 6.05. The monoisotopic (exact) mass is 631 g/mol. The number of aryl methyl sites for hydroxylation is 1. The summed E-state index contributed by atoms with van der Waals surface area (Å²) in [6, 6.07) is 20.9. The highest BCUT2D eigenvalue weighted by Crippen LogP contribution is 2.28. The lowest BCUT2D eigenvalue weighted by atomic mass is 10.0. The van der Waals surface area contributed by atoms with Gasteiger partial charge in [0.1, 0.15) is 6.04 Å². The molecule has 226 valence electrons. The second kappa shape index (κ2) is 15.4. The van der Waals surface area contributed by atoms with Gasteiger partial charge in [-0.15, -0.1) is 0 Å². The van der Waals surface area contributed by atoms with E-state index < -0.39 is 16.1 Å². The van der Waals surface area contributed by atoms with Gasteiger partial charge < -0.3 is 10.2 Å². The van der Waals surface area contributed by atoms with Crippen LogP contribution in [0, 0.1) is 6.92 Å². The number of nitrogens with zero attached hydrogens (tertiary/aromatic N) is 2. The molecule has 0 spiro atoms. The Morgan fingerprint density at radius 1 is 0.929 bits per heavy atom. The number of halogens is 2. The molecule has 3 aromatic rings. The summed E-state index contributed by atoms with van der Waals surface area (Å²) in [4.78, 5) is 29.2. The number of rotatable bonds is 14. The number of carbonyl (C=O) groups is 2. The van der Waals surface area contributed by atoms with Crippen molar-refractivity contribution in [2.75, 3.05) is 17.1 Å². The molecule has 0 aliphatic heterocycles. The molecule has 10 heteroatoms. The van der Waals surface area contributed by atoms with Crippen LogP contribution in [-0.4, -0.2) is 50.0 Å². The minimum atomic E-state index is -3.59. The molecule has 0 bridgehead atoms. The third-order valence-electron chi connectivity index (χ3n) is 7.14. The van der Waals surface area contributed by atoms with E-state index in [0.717, 1.165) is 23.8 Å². The van der Waals surface area contributed by atoms with Crippen molar-refractivity contribution >= 4 is 50.7 Å². The first-order valence-electron chi connectivity index (χ1n) is 14.0.